The molecule has 1 aliphatic heterocycles. The van der Waals surface area contributed by atoms with Crippen molar-refractivity contribution in [3.05, 3.63) is 0 Å². The van der Waals surface area contributed by atoms with Crippen molar-refractivity contribution >= 4 is 11.9 Å². The Morgan fingerprint density at radius 1 is 1.35 bits per heavy atom. The topological polar surface area (TPSA) is 83.6 Å². The van der Waals surface area contributed by atoms with E-state index in [2.05, 4.69) is 0 Å². The van der Waals surface area contributed by atoms with Crippen LogP contribution >= 0.6 is 0 Å². The average Bonchev–Trinajstić information content (AvgIpc) is 2.25. The maximum atomic E-state index is 12.2. The van der Waals surface area contributed by atoms with Gasteiger partial charge in [0.25, 0.3) is 0 Å². The van der Waals surface area contributed by atoms with E-state index < -0.39 is 18.1 Å². The molecule has 0 saturated carbocycles. The number of rotatable bonds is 2. The van der Waals surface area contributed by atoms with Gasteiger partial charge in [-0.25, -0.2) is 4.79 Å². The molecule has 0 aliphatic carbocycles. The lowest BCUT2D eigenvalue weighted by molar-refractivity contribution is -0.153. The number of carboxylic acid groups (broad SMARTS) is 1. The van der Waals surface area contributed by atoms with Crippen LogP contribution in [0.15, 0.2) is 0 Å². The third kappa shape index (κ3) is 3.19. The zero-order valence-corrected chi connectivity index (χ0v) is 10.8. The summed E-state index contributed by atoms with van der Waals surface area (Å²) in [5, 5.41) is 9.11. The van der Waals surface area contributed by atoms with Gasteiger partial charge in [-0.15, -0.1) is 0 Å². The summed E-state index contributed by atoms with van der Waals surface area (Å²) in [4.78, 5) is 24.7. The highest BCUT2D eigenvalue weighted by Crippen LogP contribution is 2.23. The van der Waals surface area contributed by atoms with E-state index in [1.807, 2.05) is 20.8 Å². The minimum Gasteiger partial charge on any atom is -0.480 e. The zero-order chi connectivity index (χ0) is 13.2. The normalized spacial score (nSPS) is 23.3. The highest BCUT2D eigenvalue weighted by atomic mass is 16.4. The van der Waals surface area contributed by atoms with Crippen molar-refractivity contribution in [1.82, 2.24) is 4.90 Å². The van der Waals surface area contributed by atoms with Crippen molar-refractivity contribution in [3.8, 4) is 0 Å². The first-order valence-electron chi connectivity index (χ1n) is 6.04. The molecule has 2 atom stereocenters. The second kappa shape index (κ2) is 5.04. The van der Waals surface area contributed by atoms with Gasteiger partial charge in [-0.2, -0.15) is 0 Å². The summed E-state index contributed by atoms with van der Waals surface area (Å²) < 4.78 is 0. The molecule has 0 spiro atoms. The molecular formula is C12H22N2O3. The molecule has 1 fully saturated rings. The maximum Gasteiger partial charge on any atom is 0.326 e. The molecule has 0 aromatic carbocycles. The number of carbonyl (C=O) groups is 2. The van der Waals surface area contributed by atoms with E-state index in [4.69, 9.17) is 10.8 Å². The molecule has 1 rings (SSSR count). The summed E-state index contributed by atoms with van der Waals surface area (Å²) in [5.41, 5.74) is 5.55. The van der Waals surface area contributed by atoms with Crippen LogP contribution in [0.3, 0.4) is 0 Å². The first-order valence-corrected chi connectivity index (χ1v) is 6.04. The first kappa shape index (κ1) is 14.0. The summed E-state index contributed by atoms with van der Waals surface area (Å²) in [6.07, 6.45) is 2.23. The highest BCUT2D eigenvalue weighted by Gasteiger charge is 2.37. The monoisotopic (exact) mass is 242 g/mol. The molecule has 0 bridgehead atoms. The predicted octanol–water partition coefficient (Wildman–Crippen LogP) is 0.825. The van der Waals surface area contributed by atoms with Crippen LogP contribution in [0.1, 0.15) is 40.0 Å². The summed E-state index contributed by atoms with van der Waals surface area (Å²) in [6.45, 7) is 6.15. The number of hydrogen-bond donors (Lipinski definition) is 2. The molecule has 0 aromatic heterocycles. The van der Waals surface area contributed by atoms with E-state index in [9.17, 15) is 9.59 Å². The van der Waals surface area contributed by atoms with Crippen molar-refractivity contribution < 1.29 is 14.7 Å². The number of hydrogen-bond acceptors (Lipinski definition) is 3. The molecule has 1 amide bonds. The molecule has 1 saturated heterocycles. The van der Waals surface area contributed by atoms with Gasteiger partial charge in [0.05, 0.1) is 6.04 Å². The van der Waals surface area contributed by atoms with Crippen LogP contribution < -0.4 is 5.73 Å². The van der Waals surface area contributed by atoms with Crippen molar-refractivity contribution in [3.63, 3.8) is 0 Å². The lowest BCUT2D eigenvalue weighted by Gasteiger charge is -2.37. The van der Waals surface area contributed by atoms with Gasteiger partial charge in [0, 0.05) is 6.54 Å². The number of carboxylic acids is 1. The minimum absolute atomic E-state index is 0.246. The van der Waals surface area contributed by atoms with Gasteiger partial charge >= 0.3 is 5.97 Å². The van der Waals surface area contributed by atoms with E-state index in [-0.39, 0.29) is 11.3 Å². The van der Waals surface area contributed by atoms with E-state index >= 15 is 0 Å². The average molecular weight is 242 g/mol. The van der Waals surface area contributed by atoms with Gasteiger partial charge in [0.2, 0.25) is 5.91 Å². The van der Waals surface area contributed by atoms with Crippen LogP contribution in [0.5, 0.6) is 0 Å². The number of nitrogens with zero attached hydrogens (tertiary/aromatic N) is 1. The first-order chi connectivity index (χ1) is 7.75. The van der Waals surface area contributed by atoms with Crippen molar-refractivity contribution in [2.24, 2.45) is 11.1 Å². The summed E-state index contributed by atoms with van der Waals surface area (Å²) in [5.74, 6) is -1.18. The van der Waals surface area contributed by atoms with Gasteiger partial charge in [-0.1, -0.05) is 20.8 Å². The number of likely N-dealkylation sites (tertiary alicyclic amines) is 1. The van der Waals surface area contributed by atoms with Crippen LogP contribution in [0, 0.1) is 5.41 Å². The molecular weight excluding hydrogens is 220 g/mol. The third-order valence-electron chi connectivity index (χ3n) is 3.27. The van der Waals surface area contributed by atoms with Gasteiger partial charge in [-0.05, 0) is 24.7 Å². The second-order valence-corrected chi connectivity index (χ2v) is 5.73. The Kier molecular flexibility index (Phi) is 4.14. The maximum absolute atomic E-state index is 12.2. The Morgan fingerprint density at radius 3 is 2.41 bits per heavy atom. The van der Waals surface area contributed by atoms with Crippen LogP contribution in [0.4, 0.5) is 0 Å². The predicted molar refractivity (Wildman–Crippen MR) is 64.4 cm³/mol. The molecule has 0 radical (unpaired) electrons. The Balaban J connectivity index is 2.82. The molecule has 5 nitrogen and oxygen atoms in total. The van der Waals surface area contributed by atoms with Gasteiger partial charge in [0.15, 0.2) is 0 Å². The Hall–Kier alpha value is -1.10. The van der Waals surface area contributed by atoms with Crippen LogP contribution in [0.2, 0.25) is 0 Å². The number of nitrogens with two attached hydrogens (primary N) is 1. The SMILES string of the molecule is CC(C)(C)C(N)C(=O)N1CCCCC1C(=O)O. The highest BCUT2D eigenvalue weighted by molar-refractivity contribution is 5.87. The Labute approximate surface area is 102 Å². The summed E-state index contributed by atoms with van der Waals surface area (Å²) >= 11 is 0. The van der Waals surface area contributed by atoms with Crippen LogP contribution in [-0.4, -0.2) is 40.5 Å². The number of carbonyl (C=O) groups excluding carboxylic acids is 1. The van der Waals surface area contributed by atoms with Gasteiger partial charge in [0.1, 0.15) is 6.04 Å². The van der Waals surface area contributed by atoms with Gasteiger partial charge in [-0.3, -0.25) is 4.79 Å². The quantitative estimate of drug-likeness (QED) is 0.751. The Morgan fingerprint density at radius 2 is 1.94 bits per heavy atom. The molecule has 5 heteroatoms. The van der Waals surface area contributed by atoms with E-state index in [0.717, 1.165) is 12.8 Å². The molecule has 1 heterocycles. The lowest BCUT2D eigenvalue weighted by Crippen LogP contribution is -2.56. The van der Waals surface area contributed by atoms with Crippen molar-refractivity contribution in [1.29, 1.82) is 0 Å². The Bertz CT molecular complexity index is 309. The zero-order valence-electron chi connectivity index (χ0n) is 10.8. The lowest BCUT2D eigenvalue weighted by atomic mass is 9.85. The molecule has 2 unspecified atom stereocenters. The fraction of sp³-hybridized carbons (Fsp3) is 0.833. The fourth-order valence-electron chi connectivity index (χ4n) is 2.00. The van der Waals surface area contributed by atoms with E-state index in [1.54, 1.807) is 0 Å². The minimum atomic E-state index is -0.931. The summed E-state index contributed by atoms with van der Waals surface area (Å²) in [6, 6.07) is -1.35. The molecule has 0 aromatic rings. The van der Waals surface area contributed by atoms with E-state index in [0.29, 0.717) is 13.0 Å². The van der Waals surface area contributed by atoms with Crippen molar-refractivity contribution in [2.45, 2.75) is 52.1 Å². The largest absolute Gasteiger partial charge is 0.480 e. The molecule has 3 N–H and O–H groups in total. The smallest absolute Gasteiger partial charge is 0.326 e. The van der Waals surface area contributed by atoms with E-state index in [1.165, 1.54) is 4.90 Å². The van der Waals surface area contributed by atoms with Crippen LogP contribution in [-0.2, 0) is 9.59 Å². The second-order valence-electron chi connectivity index (χ2n) is 5.73. The summed E-state index contributed by atoms with van der Waals surface area (Å²) in [7, 11) is 0. The standard InChI is InChI=1S/C12H22N2O3/c1-12(2,3)9(13)10(15)14-7-5-4-6-8(14)11(16)17/h8-9H,4-7,13H2,1-3H3,(H,16,17). The molecule has 17 heavy (non-hydrogen) atoms. The van der Waals surface area contributed by atoms with Crippen LogP contribution in [0.25, 0.3) is 0 Å². The third-order valence-corrected chi connectivity index (χ3v) is 3.27. The number of piperidine rings is 1. The van der Waals surface area contributed by atoms with Gasteiger partial charge < -0.3 is 15.7 Å². The fourth-order valence-corrected chi connectivity index (χ4v) is 2.00. The molecule has 1 aliphatic rings. The number of amides is 1. The molecule has 98 valence electrons. The number of aliphatic carboxylic acids is 1. The van der Waals surface area contributed by atoms with Crippen molar-refractivity contribution in [2.75, 3.05) is 6.54 Å².